The molecule has 5 rings (SSSR count). The van der Waals surface area contributed by atoms with Crippen LogP contribution in [0.1, 0.15) is 16.1 Å². The minimum Gasteiger partial charge on any atom is -0.347 e. The summed E-state index contributed by atoms with van der Waals surface area (Å²) in [6.45, 7) is 0.384. The van der Waals surface area contributed by atoms with E-state index in [9.17, 15) is 4.79 Å². The Hall–Kier alpha value is -4.32. The largest absolute Gasteiger partial charge is 0.347 e. The van der Waals surface area contributed by atoms with Crippen LogP contribution in [0.25, 0.3) is 28.2 Å². The van der Waals surface area contributed by atoms with Gasteiger partial charge in [0.2, 0.25) is 0 Å². The number of benzene rings is 2. The molecule has 0 atom stereocenters. The Labute approximate surface area is 179 Å². The number of nitrogens with zero attached hydrogens (tertiary/aromatic N) is 4. The van der Waals surface area contributed by atoms with Crippen molar-refractivity contribution in [1.82, 2.24) is 24.9 Å². The van der Waals surface area contributed by atoms with Gasteiger partial charge in [0, 0.05) is 36.1 Å². The molecule has 0 saturated heterocycles. The summed E-state index contributed by atoms with van der Waals surface area (Å²) in [7, 11) is 0. The molecule has 150 valence electrons. The summed E-state index contributed by atoms with van der Waals surface area (Å²) in [5.74, 6) is -0.255. The van der Waals surface area contributed by atoms with Crippen LogP contribution in [-0.4, -0.2) is 25.5 Å². The van der Waals surface area contributed by atoms with Crippen molar-refractivity contribution < 1.29 is 4.79 Å². The lowest BCUT2D eigenvalue weighted by Crippen LogP contribution is -2.23. The topological polar surface area (TPSA) is 72.2 Å². The van der Waals surface area contributed by atoms with Crippen molar-refractivity contribution in [3.05, 3.63) is 109 Å². The lowest BCUT2D eigenvalue weighted by Gasteiger charge is -2.08. The number of fused-ring (bicyclic) bond motifs is 1. The molecule has 5 aromatic rings. The molecule has 3 aromatic heterocycles. The predicted octanol–water partition coefficient (Wildman–Crippen LogP) is 4.39. The van der Waals surface area contributed by atoms with Gasteiger partial charge in [-0.3, -0.25) is 9.78 Å². The smallest absolute Gasteiger partial charge is 0.272 e. The Bertz CT molecular complexity index is 1330. The fraction of sp³-hybridized carbons (Fsp3) is 0.0400. The molecule has 3 heterocycles. The van der Waals surface area contributed by atoms with Crippen LogP contribution >= 0.6 is 0 Å². The van der Waals surface area contributed by atoms with Crippen LogP contribution in [0.4, 0.5) is 0 Å². The number of nitrogens with one attached hydrogen (secondary N) is 1. The lowest BCUT2D eigenvalue weighted by atomic mass is 10.1. The van der Waals surface area contributed by atoms with E-state index >= 15 is 0 Å². The van der Waals surface area contributed by atoms with Gasteiger partial charge < -0.3 is 5.32 Å². The van der Waals surface area contributed by atoms with Gasteiger partial charge >= 0.3 is 0 Å². The Balaban J connectivity index is 1.55. The zero-order valence-corrected chi connectivity index (χ0v) is 16.6. The highest BCUT2D eigenvalue weighted by atomic mass is 16.1. The molecule has 0 bridgehead atoms. The number of aromatic nitrogens is 4. The van der Waals surface area contributed by atoms with Crippen LogP contribution in [0.2, 0.25) is 0 Å². The van der Waals surface area contributed by atoms with Gasteiger partial charge in [0.1, 0.15) is 0 Å². The molecule has 0 aliphatic heterocycles. The predicted molar refractivity (Wildman–Crippen MR) is 119 cm³/mol. The van der Waals surface area contributed by atoms with Crippen LogP contribution in [0, 0.1) is 0 Å². The van der Waals surface area contributed by atoms with Crippen LogP contribution in [0.3, 0.4) is 0 Å². The second-order valence-corrected chi connectivity index (χ2v) is 7.10. The molecule has 0 fully saturated rings. The van der Waals surface area contributed by atoms with E-state index in [0.29, 0.717) is 17.9 Å². The first-order chi connectivity index (χ1) is 15.3. The number of carbonyl (C=O) groups excluding carboxylic acids is 1. The van der Waals surface area contributed by atoms with Crippen LogP contribution in [0.5, 0.6) is 0 Å². The minimum atomic E-state index is -0.255. The van der Waals surface area contributed by atoms with E-state index in [1.54, 1.807) is 23.0 Å². The molecule has 0 unspecified atom stereocenters. The van der Waals surface area contributed by atoms with Gasteiger partial charge in [-0.05, 0) is 17.7 Å². The van der Waals surface area contributed by atoms with Gasteiger partial charge in [-0.25, -0.2) is 9.50 Å². The Morgan fingerprint density at radius 2 is 1.61 bits per heavy atom. The van der Waals surface area contributed by atoms with Gasteiger partial charge in [0.15, 0.2) is 11.3 Å². The van der Waals surface area contributed by atoms with Crippen molar-refractivity contribution >= 4 is 11.6 Å². The molecule has 0 aliphatic rings. The summed E-state index contributed by atoms with van der Waals surface area (Å²) in [4.78, 5) is 21.6. The quantitative estimate of drug-likeness (QED) is 0.471. The highest BCUT2D eigenvalue weighted by Gasteiger charge is 2.16. The van der Waals surface area contributed by atoms with Crippen molar-refractivity contribution in [1.29, 1.82) is 0 Å². The molecule has 0 spiro atoms. The van der Waals surface area contributed by atoms with Crippen molar-refractivity contribution in [2.45, 2.75) is 6.54 Å². The number of pyridine rings is 1. The zero-order chi connectivity index (χ0) is 21.0. The van der Waals surface area contributed by atoms with E-state index in [-0.39, 0.29) is 5.91 Å². The number of hydrogen-bond acceptors (Lipinski definition) is 4. The molecule has 6 heteroatoms. The standard InChI is InChI=1S/C25H19N5O/c31-25(27-17-18-8-7-13-26-16-18)22-15-24-28-21(19-9-3-1-4-10-19)14-23(30(24)29-22)20-11-5-2-6-12-20/h1-16H,17H2,(H,27,31). The molecule has 0 radical (unpaired) electrons. The second kappa shape index (κ2) is 8.20. The third-order valence-electron chi connectivity index (χ3n) is 4.97. The van der Waals surface area contributed by atoms with E-state index in [2.05, 4.69) is 15.4 Å². The maximum Gasteiger partial charge on any atom is 0.272 e. The average Bonchev–Trinajstić information content (AvgIpc) is 3.28. The van der Waals surface area contributed by atoms with E-state index < -0.39 is 0 Å². The monoisotopic (exact) mass is 405 g/mol. The summed E-state index contributed by atoms with van der Waals surface area (Å²) in [6, 6.07) is 27.4. The highest BCUT2D eigenvalue weighted by Crippen LogP contribution is 2.26. The fourth-order valence-corrected chi connectivity index (χ4v) is 3.43. The maximum atomic E-state index is 12.8. The number of amides is 1. The molecule has 2 aromatic carbocycles. The molecule has 0 saturated carbocycles. The SMILES string of the molecule is O=C(NCc1cccnc1)c1cc2nc(-c3ccccc3)cc(-c3ccccc3)n2n1. The first-order valence-electron chi connectivity index (χ1n) is 9.97. The molecule has 1 N–H and O–H groups in total. The molecule has 6 nitrogen and oxygen atoms in total. The van der Waals surface area contributed by atoms with Crippen LogP contribution in [0.15, 0.2) is 97.3 Å². The van der Waals surface area contributed by atoms with Gasteiger partial charge in [0.05, 0.1) is 11.4 Å². The summed E-state index contributed by atoms with van der Waals surface area (Å²) in [5.41, 5.74) is 5.56. The van der Waals surface area contributed by atoms with Crippen molar-refractivity contribution in [3.8, 4) is 22.5 Å². The number of carbonyl (C=O) groups is 1. The Morgan fingerprint density at radius 1 is 0.871 bits per heavy atom. The third-order valence-corrected chi connectivity index (χ3v) is 4.97. The Morgan fingerprint density at radius 3 is 2.32 bits per heavy atom. The number of hydrogen-bond donors (Lipinski definition) is 1. The van der Waals surface area contributed by atoms with Crippen LogP contribution in [-0.2, 0) is 6.54 Å². The third kappa shape index (κ3) is 3.91. The van der Waals surface area contributed by atoms with E-state index in [1.807, 2.05) is 78.9 Å². The first kappa shape index (κ1) is 18.7. The minimum absolute atomic E-state index is 0.255. The first-order valence-corrected chi connectivity index (χ1v) is 9.97. The van der Waals surface area contributed by atoms with E-state index in [4.69, 9.17) is 4.98 Å². The molecule has 0 aliphatic carbocycles. The van der Waals surface area contributed by atoms with E-state index in [0.717, 1.165) is 28.1 Å². The van der Waals surface area contributed by atoms with Crippen LogP contribution < -0.4 is 5.32 Å². The van der Waals surface area contributed by atoms with Crippen molar-refractivity contribution in [2.24, 2.45) is 0 Å². The van der Waals surface area contributed by atoms with Gasteiger partial charge in [-0.2, -0.15) is 5.10 Å². The molecule has 31 heavy (non-hydrogen) atoms. The maximum absolute atomic E-state index is 12.8. The summed E-state index contributed by atoms with van der Waals surface area (Å²) in [5, 5.41) is 7.46. The number of rotatable bonds is 5. The zero-order valence-electron chi connectivity index (χ0n) is 16.6. The van der Waals surface area contributed by atoms with Crippen molar-refractivity contribution in [2.75, 3.05) is 0 Å². The Kier molecular flexibility index (Phi) is 4.94. The van der Waals surface area contributed by atoms with Gasteiger partial charge in [-0.1, -0.05) is 66.7 Å². The highest BCUT2D eigenvalue weighted by molar-refractivity contribution is 5.93. The lowest BCUT2D eigenvalue weighted by molar-refractivity contribution is 0.0945. The average molecular weight is 405 g/mol. The van der Waals surface area contributed by atoms with Gasteiger partial charge in [-0.15, -0.1) is 0 Å². The molecule has 1 amide bonds. The summed E-state index contributed by atoms with van der Waals surface area (Å²) in [6.07, 6.45) is 3.43. The van der Waals surface area contributed by atoms with Gasteiger partial charge in [0.25, 0.3) is 5.91 Å². The molecular formula is C25H19N5O. The van der Waals surface area contributed by atoms with E-state index in [1.165, 1.54) is 0 Å². The fourth-order valence-electron chi connectivity index (χ4n) is 3.43. The van der Waals surface area contributed by atoms with Crippen molar-refractivity contribution in [3.63, 3.8) is 0 Å². The summed E-state index contributed by atoms with van der Waals surface area (Å²) < 4.78 is 1.72. The normalized spacial score (nSPS) is 10.8. The summed E-state index contributed by atoms with van der Waals surface area (Å²) >= 11 is 0. The second-order valence-electron chi connectivity index (χ2n) is 7.10. The molecular weight excluding hydrogens is 386 g/mol.